The number of anilines is 1. The van der Waals surface area contributed by atoms with Gasteiger partial charge in [0.15, 0.2) is 6.61 Å². The second-order valence-corrected chi connectivity index (χ2v) is 8.09. The van der Waals surface area contributed by atoms with E-state index < -0.39 is 5.91 Å². The maximum absolute atomic E-state index is 12.1. The largest absolute Gasteiger partial charge is 0.494 e. The molecule has 0 aliphatic rings. The molecule has 0 fully saturated rings. The van der Waals surface area contributed by atoms with Crippen LogP contribution in [0.2, 0.25) is 0 Å². The minimum absolute atomic E-state index is 0.0474. The first kappa shape index (κ1) is 23.9. The van der Waals surface area contributed by atoms with Crippen LogP contribution in [0.1, 0.15) is 25.8 Å². The molecule has 2 aromatic carbocycles. The van der Waals surface area contributed by atoms with E-state index in [-0.39, 0.29) is 18.9 Å². The Morgan fingerprint density at radius 1 is 1.03 bits per heavy atom. The van der Waals surface area contributed by atoms with Gasteiger partial charge >= 0.3 is 0 Å². The van der Waals surface area contributed by atoms with Gasteiger partial charge in [0, 0.05) is 15.9 Å². The summed E-state index contributed by atoms with van der Waals surface area (Å²) in [6, 6.07) is 10.8. The average Bonchev–Trinajstić information content (AvgIpc) is 2.69. The van der Waals surface area contributed by atoms with Crippen molar-refractivity contribution >= 4 is 55.1 Å². The molecular weight excluding hydrogens is 518 g/mol. The van der Waals surface area contributed by atoms with E-state index >= 15 is 0 Å². The number of halogens is 2. The van der Waals surface area contributed by atoms with Crippen molar-refractivity contribution < 1.29 is 19.1 Å². The Bertz CT molecular complexity index is 931. The van der Waals surface area contributed by atoms with E-state index in [1.807, 2.05) is 26.0 Å². The molecule has 30 heavy (non-hydrogen) atoms. The quantitative estimate of drug-likeness (QED) is 0.352. The molecule has 0 bridgehead atoms. The van der Waals surface area contributed by atoms with Gasteiger partial charge in [0.05, 0.1) is 17.5 Å². The molecule has 0 saturated heterocycles. The van der Waals surface area contributed by atoms with Crippen molar-refractivity contribution in [2.45, 2.75) is 27.2 Å². The molecule has 160 valence electrons. The molecule has 0 saturated carbocycles. The van der Waals surface area contributed by atoms with Crippen LogP contribution in [0.4, 0.5) is 5.69 Å². The maximum atomic E-state index is 12.1. The summed E-state index contributed by atoms with van der Waals surface area (Å²) in [5.41, 5.74) is 4.50. The zero-order chi connectivity index (χ0) is 22.1. The van der Waals surface area contributed by atoms with Crippen LogP contribution in [0, 0.1) is 6.92 Å². The minimum atomic E-state index is -0.422. The van der Waals surface area contributed by atoms with Gasteiger partial charge in [0.2, 0.25) is 5.91 Å². The third-order valence-corrected chi connectivity index (χ3v) is 5.28. The Balaban J connectivity index is 1.79. The fourth-order valence-electron chi connectivity index (χ4n) is 2.35. The predicted molar refractivity (Wildman–Crippen MR) is 124 cm³/mol. The average molecular weight is 541 g/mol. The van der Waals surface area contributed by atoms with Crippen molar-refractivity contribution in [1.29, 1.82) is 0 Å². The zero-order valence-electron chi connectivity index (χ0n) is 16.9. The number of carbonyl (C=O) groups is 2. The number of carbonyl (C=O) groups excluding carboxylic acids is 2. The summed E-state index contributed by atoms with van der Waals surface area (Å²) in [6.07, 6.45) is 0.0474. The lowest BCUT2D eigenvalue weighted by Crippen LogP contribution is -2.26. The van der Waals surface area contributed by atoms with Gasteiger partial charge in [-0.1, -0.05) is 15.9 Å². The summed E-state index contributed by atoms with van der Waals surface area (Å²) in [7, 11) is 0. The standard InChI is InChI=1S/C21H23Br2N3O4/c1-4-29-16-7-5-15(6-8-16)24-20(27)10-14(3)25-26-21(28)12-30-19-9-13(2)17(22)11-18(19)23/h5-9,11H,4,10,12H2,1-3H3,(H,24,27)(H,26,28)/b25-14+. The molecule has 0 aromatic heterocycles. The number of amides is 2. The fraction of sp³-hybridized carbons (Fsp3) is 0.286. The molecule has 2 aromatic rings. The van der Waals surface area contributed by atoms with Crippen LogP contribution < -0.4 is 20.2 Å². The van der Waals surface area contributed by atoms with Crippen LogP contribution in [-0.4, -0.2) is 30.7 Å². The van der Waals surface area contributed by atoms with E-state index in [1.54, 1.807) is 31.2 Å². The smallest absolute Gasteiger partial charge is 0.277 e. The third kappa shape index (κ3) is 7.79. The van der Waals surface area contributed by atoms with Crippen LogP contribution in [0.3, 0.4) is 0 Å². The van der Waals surface area contributed by atoms with E-state index in [0.29, 0.717) is 23.8 Å². The van der Waals surface area contributed by atoms with Gasteiger partial charge in [-0.2, -0.15) is 5.10 Å². The molecule has 0 radical (unpaired) electrons. The first-order valence-corrected chi connectivity index (χ1v) is 10.8. The topological polar surface area (TPSA) is 89.0 Å². The lowest BCUT2D eigenvalue weighted by molar-refractivity contribution is -0.123. The van der Waals surface area contributed by atoms with Gasteiger partial charge in [-0.15, -0.1) is 0 Å². The SMILES string of the molecule is CCOc1ccc(NC(=O)C/C(C)=N/NC(=O)COc2cc(C)c(Br)cc2Br)cc1. The number of nitrogens with one attached hydrogen (secondary N) is 2. The molecule has 0 heterocycles. The summed E-state index contributed by atoms with van der Waals surface area (Å²) in [5.74, 6) is 0.638. The zero-order valence-corrected chi connectivity index (χ0v) is 20.1. The number of nitrogens with zero attached hydrogens (tertiary/aromatic N) is 1. The number of hydrogen-bond donors (Lipinski definition) is 2. The van der Waals surface area contributed by atoms with Crippen LogP contribution in [0.5, 0.6) is 11.5 Å². The number of hydrazone groups is 1. The third-order valence-electron chi connectivity index (χ3n) is 3.81. The highest BCUT2D eigenvalue weighted by Crippen LogP contribution is 2.31. The van der Waals surface area contributed by atoms with Gasteiger partial charge in [-0.05, 0) is 78.7 Å². The van der Waals surface area contributed by atoms with E-state index in [9.17, 15) is 9.59 Å². The summed E-state index contributed by atoms with van der Waals surface area (Å²) >= 11 is 6.82. The highest BCUT2D eigenvalue weighted by atomic mass is 79.9. The summed E-state index contributed by atoms with van der Waals surface area (Å²) < 4.78 is 12.6. The number of benzene rings is 2. The van der Waals surface area contributed by atoms with Gasteiger partial charge in [-0.3, -0.25) is 9.59 Å². The summed E-state index contributed by atoms with van der Waals surface area (Å²) in [6.45, 7) is 5.87. The Kier molecular flexibility index (Phi) is 9.32. The number of aryl methyl sites for hydroxylation is 1. The maximum Gasteiger partial charge on any atom is 0.277 e. The molecule has 0 aliphatic heterocycles. The number of ether oxygens (including phenoxy) is 2. The van der Waals surface area contributed by atoms with Crippen molar-refractivity contribution in [2.75, 3.05) is 18.5 Å². The van der Waals surface area contributed by atoms with Gasteiger partial charge < -0.3 is 14.8 Å². The second kappa shape index (κ2) is 11.7. The van der Waals surface area contributed by atoms with Crippen LogP contribution in [-0.2, 0) is 9.59 Å². The molecule has 2 rings (SSSR count). The van der Waals surface area contributed by atoms with Gasteiger partial charge in [-0.25, -0.2) is 5.43 Å². The summed E-state index contributed by atoms with van der Waals surface area (Å²) in [5, 5.41) is 6.72. The second-order valence-electron chi connectivity index (χ2n) is 6.38. The van der Waals surface area contributed by atoms with E-state index in [2.05, 4.69) is 47.7 Å². The normalized spacial score (nSPS) is 11.0. The fourth-order valence-corrected chi connectivity index (χ4v) is 3.46. The first-order chi connectivity index (χ1) is 14.3. The van der Waals surface area contributed by atoms with Gasteiger partial charge in [0.25, 0.3) is 5.91 Å². The molecule has 0 aliphatic carbocycles. The highest BCUT2D eigenvalue weighted by molar-refractivity contribution is 9.11. The van der Waals surface area contributed by atoms with Crippen LogP contribution in [0.15, 0.2) is 50.4 Å². The molecule has 0 unspecified atom stereocenters. The molecule has 0 atom stereocenters. The van der Waals surface area contributed by atoms with Crippen molar-refractivity contribution in [3.63, 3.8) is 0 Å². The lowest BCUT2D eigenvalue weighted by Gasteiger charge is -2.10. The van der Waals surface area contributed by atoms with E-state index in [0.717, 1.165) is 20.3 Å². The molecule has 2 N–H and O–H groups in total. The number of rotatable bonds is 9. The number of hydrogen-bond acceptors (Lipinski definition) is 5. The van der Waals surface area contributed by atoms with Crippen molar-refractivity contribution in [2.24, 2.45) is 5.10 Å². The Morgan fingerprint density at radius 2 is 1.73 bits per heavy atom. The molecule has 9 heteroatoms. The van der Waals surface area contributed by atoms with Crippen LogP contribution >= 0.6 is 31.9 Å². The van der Waals surface area contributed by atoms with E-state index in [4.69, 9.17) is 9.47 Å². The first-order valence-electron chi connectivity index (χ1n) is 9.21. The van der Waals surface area contributed by atoms with Crippen molar-refractivity contribution in [3.05, 3.63) is 50.9 Å². The highest BCUT2D eigenvalue weighted by Gasteiger charge is 2.09. The minimum Gasteiger partial charge on any atom is -0.494 e. The molecular formula is C21H23Br2N3O4. The van der Waals surface area contributed by atoms with E-state index in [1.165, 1.54) is 0 Å². The molecule has 2 amide bonds. The Morgan fingerprint density at radius 3 is 2.40 bits per heavy atom. The summed E-state index contributed by atoms with van der Waals surface area (Å²) in [4.78, 5) is 24.1. The molecule has 7 nitrogen and oxygen atoms in total. The van der Waals surface area contributed by atoms with Crippen molar-refractivity contribution in [1.82, 2.24) is 5.43 Å². The Hall–Kier alpha value is -2.39. The van der Waals surface area contributed by atoms with Gasteiger partial charge in [0.1, 0.15) is 11.5 Å². The van der Waals surface area contributed by atoms with Crippen LogP contribution in [0.25, 0.3) is 0 Å². The van der Waals surface area contributed by atoms with Crippen molar-refractivity contribution in [3.8, 4) is 11.5 Å². The predicted octanol–water partition coefficient (Wildman–Crippen LogP) is 4.82. The molecule has 0 spiro atoms. The lowest BCUT2D eigenvalue weighted by atomic mass is 10.2. The Labute approximate surface area is 192 Å². The monoisotopic (exact) mass is 539 g/mol.